The number of amides is 1. The number of sulfone groups is 1. The molecule has 0 aliphatic carbocycles. The molecule has 2 rings (SSSR count). The van der Waals surface area contributed by atoms with E-state index in [1.54, 1.807) is 6.07 Å². The van der Waals surface area contributed by atoms with Crippen molar-refractivity contribution in [1.82, 2.24) is 10.2 Å². The highest BCUT2D eigenvalue weighted by Gasteiger charge is 2.37. The fourth-order valence-corrected chi connectivity index (χ4v) is 4.65. The van der Waals surface area contributed by atoms with Gasteiger partial charge in [-0.15, -0.1) is 0 Å². The standard InChI is InChI=1S/C16H26N2O5S/c1-4-14-11(8-18(5-2)6-3)7-15(23-14)16(20)17-12-9-24(21,22)10-13(12)19/h7,12-13,19H,4-6,8-10H2,1-3H3,(H,17,20)/t12-,13-/m1/s1. The van der Waals surface area contributed by atoms with E-state index in [0.29, 0.717) is 13.0 Å². The number of rotatable bonds is 7. The van der Waals surface area contributed by atoms with Crippen molar-refractivity contribution in [3.63, 3.8) is 0 Å². The second kappa shape index (κ2) is 7.67. The Kier molecular flexibility index (Phi) is 6.06. The van der Waals surface area contributed by atoms with Crippen LogP contribution in [0.2, 0.25) is 0 Å². The maximum absolute atomic E-state index is 12.3. The van der Waals surface area contributed by atoms with E-state index in [9.17, 15) is 18.3 Å². The molecule has 1 aliphatic rings. The average Bonchev–Trinajstić information content (AvgIpc) is 3.04. The molecule has 0 radical (unpaired) electrons. The molecule has 24 heavy (non-hydrogen) atoms. The Morgan fingerprint density at radius 2 is 2.00 bits per heavy atom. The van der Waals surface area contributed by atoms with Gasteiger partial charge in [0.2, 0.25) is 0 Å². The Morgan fingerprint density at radius 1 is 1.33 bits per heavy atom. The zero-order valence-corrected chi connectivity index (χ0v) is 15.2. The van der Waals surface area contributed by atoms with E-state index in [0.717, 1.165) is 24.4 Å². The average molecular weight is 358 g/mol. The van der Waals surface area contributed by atoms with E-state index in [1.807, 2.05) is 6.92 Å². The van der Waals surface area contributed by atoms with Crippen LogP contribution in [0.5, 0.6) is 0 Å². The van der Waals surface area contributed by atoms with Crippen molar-refractivity contribution in [1.29, 1.82) is 0 Å². The molecule has 1 saturated heterocycles. The van der Waals surface area contributed by atoms with Gasteiger partial charge in [0.05, 0.1) is 23.7 Å². The van der Waals surface area contributed by atoms with E-state index in [2.05, 4.69) is 24.1 Å². The fourth-order valence-electron chi connectivity index (χ4n) is 2.91. The summed E-state index contributed by atoms with van der Waals surface area (Å²) in [5.74, 6) is -0.134. The maximum Gasteiger partial charge on any atom is 0.287 e. The van der Waals surface area contributed by atoms with Crippen LogP contribution in [0.3, 0.4) is 0 Å². The first-order valence-electron chi connectivity index (χ1n) is 8.32. The van der Waals surface area contributed by atoms with Crippen molar-refractivity contribution in [2.45, 2.75) is 45.9 Å². The van der Waals surface area contributed by atoms with Crippen LogP contribution in [0.4, 0.5) is 0 Å². The molecule has 136 valence electrons. The lowest BCUT2D eigenvalue weighted by atomic mass is 10.2. The predicted octanol–water partition coefficient (Wildman–Crippen LogP) is 0.571. The van der Waals surface area contributed by atoms with Crippen LogP contribution in [0.1, 0.15) is 42.6 Å². The zero-order chi connectivity index (χ0) is 17.9. The molecule has 0 spiro atoms. The molecule has 0 aromatic carbocycles. The van der Waals surface area contributed by atoms with Crippen LogP contribution < -0.4 is 5.32 Å². The fraction of sp³-hybridized carbons (Fsp3) is 0.688. The van der Waals surface area contributed by atoms with Crippen LogP contribution in [0.15, 0.2) is 10.5 Å². The van der Waals surface area contributed by atoms with Crippen LogP contribution in [0, 0.1) is 0 Å². The lowest BCUT2D eigenvalue weighted by Gasteiger charge is -2.17. The Balaban J connectivity index is 2.11. The Bertz CT molecular complexity index is 679. The first-order valence-corrected chi connectivity index (χ1v) is 10.1. The minimum Gasteiger partial charge on any atom is -0.456 e. The number of hydrogen-bond acceptors (Lipinski definition) is 6. The van der Waals surface area contributed by atoms with Gasteiger partial charge in [-0.25, -0.2) is 8.42 Å². The number of aliphatic hydroxyl groups excluding tert-OH is 1. The van der Waals surface area contributed by atoms with E-state index in [1.165, 1.54) is 0 Å². The molecule has 0 saturated carbocycles. The lowest BCUT2D eigenvalue weighted by Crippen LogP contribution is -2.42. The molecule has 2 heterocycles. The van der Waals surface area contributed by atoms with Gasteiger partial charge in [-0.05, 0) is 19.2 Å². The third kappa shape index (κ3) is 4.37. The summed E-state index contributed by atoms with van der Waals surface area (Å²) in [7, 11) is -3.30. The Morgan fingerprint density at radius 3 is 2.50 bits per heavy atom. The topological polar surface area (TPSA) is 99.8 Å². The maximum atomic E-state index is 12.3. The summed E-state index contributed by atoms with van der Waals surface area (Å²) in [5, 5.41) is 12.3. The van der Waals surface area contributed by atoms with Crippen LogP contribution in [-0.2, 0) is 22.8 Å². The van der Waals surface area contributed by atoms with Crippen LogP contribution in [0.25, 0.3) is 0 Å². The van der Waals surface area contributed by atoms with Crippen molar-refractivity contribution in [2.24, 2.45) is 0 Å². The minimum atomic E-state index is -3.30. The van der Waals surface area contributed by atoms with Crippen molar-refractivity contribution in [3.8, 4) is 0 Å². The third-order valence-corrected chi connectivity index (χ3v) is 6.09. The van der Waals surface area contributed by atoms with Crippen LogP contribution >= 0.6 is 0 Å². The van der Waals surface area contributed by atoms with Gasteiger partial charge in [0.1, 0.15) is 5.76 Å². The van der Waals surface area contributed by atoms with Gasteiger partial charge < -0.3 is 14.8 Å². The van der Waals surface area contributed by atoms with Crippen molar-refractivity contribution < 1.29 is 22.7 Å². The summed E-state index contributed by atoms with van der Waals surface area (Å²) in [4.78, 5) is 14.6. The zero-order valence-electron chi connectivity index (χ0n) is 14.4. The molecule has 0 bridgehead atoms. The molecule has 0 unspecified atom stereocenters. The number of aliphatic hydroxyl groups is 1. The molecule has 2 N–H and O–H groups in total. The summed E-state index contributed by atoms with van der Waals surface area (Å²) >= 11 is 0. The summed E-state index contributed by atoms with van der Waals surface area (Å²) in [6.45, 7) is 8.61. The largest absolute Gasteiger partial charge is 0.456 e. The smallest absolute Gasteiger partial charge is 0.287 e. The number of furan rings is 1. The van der Waals surface area contributed by atoms with Crippen molar-refractivity contribution in [2.75, 3.05) is 24.6 Å². The van der Waals surface area contributed by atoms with Crippen molar-refractivity contribution >= 4 is 15.7 Å². The highest BCUT2D eigenvalue weighted by atomic mass is 32.2. The molecule has 1 aliphatic heterocycles. The number of carbonyl (C=O) groups is 1. The second-order valence-corrected chi connectivity index (χ2v) is 8.25. The molecule has 1 aromatic heterocycles. The molecule has 8 heteroatoms. The van der Waals surface area contributed by atoms with Gasteiger partial charge in [0.25, 0.3) is 5.91 Å². The molecule has 1 aromatic rings. The SMILES string of the molecule is CCc1oc(C(=O)N[C@@H]2CS(=O)(=O)C[C@H]2O)cc1CN(CC)CC. The molecule has 2 atom stereocenters. The summed E-state index contributed by atoms with van der Waals surface area (Å²) in [5.41, 5.74) is 0.964. The van der Waals surface area contributed by atoms with E-state index in [-0.39, 0.29) is 17.3 Å². The molecule has 1 amide bonds. The molecule has 7 nitrogen and oxygen atoms in total. The van der Waals surface area contributed by atoms with Gasteiger partial charge in [-0.2, -0.15) is 0 Å². The highest BCUT2D eigenvalue weighted by molar-refractivity contribution is 7.91. The third-order valence-electron chi connectivity index (χ3n) is 4.37. The minimum absolute atomic E-state index is 0.158. The normalized spacial score (nSPS) is 22.9. The summed E-state index contributed by atoms with van der Waals surface area (Å²) in [6.07, 6.45) is -0.403. The summed E-state index contributed by atoms with van der Waals surface area (Å²) in [6, 6.07) is 0.923. The van der Waals surface area contributed by atoms with E-state index < -0.39 is 27.9 Å². The monoisotopic (exact) mass is 358 g/mol. The molecular formula is C16H26N2O5S. The quantitative estimate of drug-likeness (QED) is 0.739. The van der Waals surface area contributed by atoms with E-state index in [4.69, 9.17) is 4.42 Å². The van der Waals surface area contributed by atoms with E-state index >= 15 is 0 Å². The van der Waals surface area contributed by atoms with Crippen molar-refractivity contribution in [3.05, 3.63) is 23.2 Å². The first-order chi connectivity index (χ1) is 11.3. The Labute approximate surface area is 142 Å². The van der Waals surface area contributed by atoms with Gasteiger partial charge in [0, 0.05) is 18.5 Å². The summed E-state index contributed by atoms with van der Waals surface area (Å²) < 4.78 is 28.7. The predicted molar refractivity (Wildman–Crippen MR) is 90.6 cm³/mol. The number of aryl methyl sites for hydroxylation is 1. The highest BCUT2D eigenvalue weighted by Crippen LogP contribution is 2.20. The number of nitrogens with one attached hydrogen (secondary N) is 1. The number of carbonyl (C=O) groups excluding carboxylic acids is 1. The number of hydrogen-bond donors (Lipinski definition) is 2. The van der Waals surface area contributed by atoms with Gasteiger partial charge in [0.15, 0.2) is 15.6 Å². The van der Waals surface area contributed by atoms with Gasteiger partial charge in [-0.1, -0.05) is 20.8 Å². The number of nitrogens with zero attached hydrogens (tertiary/aromatic N) is 1. The van der Waals surface area contributed by atoms with Gasteiger partial charge in [-0.3, -0.25) is 9.69 Å². The molecule has 1 fully saturated rings. The lowest BCUT2D eigenvalue weighted by molar-refractivity contribution is 0.0860. The second-order valence-electron chi connectivity index (χ2n) is 6.10. The van der Waals surface area contributed by atoms with Gasteiger partial charge >= 0.3 is 0 Å². The Hall–Kier alpha value is -1.38. The molecular weight excluding hydrogens is 332 g/mol. The van der Waals surface area contributed by atoms with Crippen LogP contribution in [-0.4, -0.2) is 61.1 Å². The first kappa shape index (κ1) is 19.0.